The van der Waals surface area contributed by atoms with E-state index < -0.39 is 11.5 Å². The van der Waals surface area contributed by atoms with Gasteiger partial charge in [-0.15, -0.1) is 11.3 Å². The van der Waals surface area contributed by atoms with Crippen molar-refractivity contribution in [2.45, 2.75) is 32.4 Å². The second-order valence-electron chi connectivity index (χ2n) is 5.42. The maximum absolute atomic E-state index is 11.6. The maximum Gasteiger partial charge on any atom is 0.323 e. The molecule has 6 nitrogen and oxygen atoms in total. The highest BCUT2D eigenvalue weighted by molar-refractivity contribution is 7.09. The summed E-state index contributed by atoms with van der Waals surface area (Å²) < 4.78 is 0. The van der Waals surface area contributed by atoms with Crippen LogP contribution in [0.15, 0.2) is 5.38 Å². The summed E-state index contributed by atoms with van der Waals surface area (Å²) in [6.07, 6.45) is 0.281. The average Bonchev–Trinajstić information content (AvgIpc) is 2.75. The number of thiazole rings is 1. The highest BCUT2D eigenvalue weighted by Crippen LogP contribution is 2.18. The van der Waals surface area contributed by atoms with Crippen LogP contribution in [0.4, 0.5) is 0 Å². The molecule has 1 rings (SSSR count). The van der Waals surface area contributed by atoms with Gasteiger partial charge in [-0.2, -0.15) is 0 Å². The molecule has 0 spiro atoms. The molecular weight excluding hydrogens is 278 g/mol. The molecule has 7 heteroatoms. The van der Waals surface area contributed by atoms with E-state index in [1.54, 1.807) is 39.9 Å². The van der Waals surface area contributed by atoms with E-state index in [0.29, 0.717) is 6.54 Å². The van der Waals surface area contributed by atoms with Crippen LogP contribution in [0.1, 0.15) is 24.5 Å². The standard InChI is InChI=1S/C13H21N3O3S/c1-13(2,12(18)19)16(5)7-9-8-20-10(14-9)6-11(17)15(3)4/h8H,6-7H2,1-5H3,(H,18,19). The van der Waals surface area contributed by atoms with Crippen molar-refractivity contribution < 1.29 is 14.7 Å². The summed E-state index contributed by atoms with van der Waals surface area (Å²) in [6, 6.07) is 0. The van der Waals surface area contributed by atoms with Gasteiger partial charge >= 0.3 is 5.97 Å². The lowest BCUT2D eigenvalue weighted by atomic mass is 10.0. The van der Waals surface area contributed by atoms with Crippen molar-refractivity contribution in [1.29, 1.82) is 0 Å². The third kappa shape index (κ3) is 4.01. The van der Waals surface area contributed by atoms with Crippen LogP contribution in [0.25, 0.3) is 0 Å². The number of hydrogen-bond acceptors (Lipinski definition) is 5. The fraction of sp³-hybridized carbons (Fsp3) is 0.615. The summed E-state index contributed by atoms with van der Waals surface area (Å²) >= 11 is 1.42. The molecular formula is C13H21N3O3S. The van der Waals surface area contributed by atoms with Gasteiger partial charge in [0.25, 0.3) is 0 Å². The molecule has 20 heavy (non-hydrogen) atoms. The van der Waals surface area contributed by atoms with Crippen LogP contribution in [0.5, 0.6) is 0 Å². The molecule has 0 saturated carbocycles. The molecule has 1 heterocycles. The van der Waals surface area contributed by atoms with Crippen LogP contribution >= 0.6 is 11.3 Å². The van der Waals surface area contributed by atoms with E-state index in [9.17, 15) is 9.59 Å². The highest BCUT2D eigenvalue weighted by atomic mass is 32.1. The third-order valence-electron chi connectivity index (χ3n) is 3.28. The smallest absolute Gasteiger partial charge is 0.323 e. The van der Waals surface area contributed by atoms with Crippen molar-refractivity contribution >= 4 is 23.2 Å². The number of carboxylic acids is 1. The monoisotopic (exact) mass is 299 g/mol. The Labute approximate surface area is 123 Å². The Bertz CT molecular complexity index is 497. The van der Waals surface area contributed by atoms with Crippen LogP contribution < -0.4 is 0 Å². The van der Waals surface area contributed by atoms with Gasteiger partial charge in [-0.05, 0) is 20.9 Å². The van der Waals surface area contributed by atoms with Crippen molar-refractivity contribution in [2.24, 2.45) is 0 Å². The number of aromatic nitrogens is 1. The second-order valence-corrected chi connectivity index (χ2v) is 6.36. The van der Waals surface area contributed by atoms with Crippen molar-refractivity contribution in [1.82, 2.24) is 14.8 Å². The molecule has 0 bridgehead atoms. The molecule has 0 aliphatic carbocycles. The molecule has 1 aromatic heterocycles. The van der Waals surface area contributed by atoms with E-state index in [4.69, 9.17) is 5.11 Å². The SMILES string of the molecule is CN(C)C(=O)Cc1nc(CN(C)C(C)(C)C(=O)O)cs1. The average molecular weight is 299 g/mol. The Hall–Kier alpha value is -1.47. The molecule has 1 aromatic rings. The molecule has 0 aliphatic heterocycles. The predicted octanol–water partition coefficient (Wildman–Crippen LogP) is 1.07. The number of hydrogen-bond donors (Lipinski definition) is 1. The van der Waals surface area contributed by atoms with Gasteiger partial charge in [0.2, 0.25) is 5.91 Å². The minimum Gasteiger partial charge on any atom is -0.480 e. The van der Waals surface area contributed by atoms with E-state index in [-0.39, 0.29) is 12.3 Å². The number of aliphatic carboxylic acids is 1. The Morgan fingerprint density at radius 2 is 1.95 bits per heavy atom. The number of carbonyl (C=O) groups is 2. The van der Waals surface area contributed by atoms with Gasteiger partial charge in [0, 0.05) is 26.0 Å². The zero-order valence-electron chi connectivity index (χ0n) is 12.5. The van der Waals surface area contributed by atoms with E-state index in [1.165, 1.54) is 16.2 Å². The van der Waals surface area contributed by atoms with Gasteiger partial charge in [0.05, 0.1) is 12.1 Å². The van der Waals surface area contributed by atoms with Crippen LogP contribution in [0, 0.1) is 0 Å². The first-order chi connectivity index (χ1) is 9.14. The first-order valence-corrected chi connectivity index (χ1v) is 7.10. The zero-order chi connectivity index (χ0) is 15.5. The molecule has 0 atom stereocenters. The van der Waals surface area contributed by atoms with Gasteiger partial charge < -0.3 is 10.0 Å². The summed E-state index contributed by atoms with van der Waals surface area (Å²) in [5.74, 6) is -0.872. The van der Waals surface area contributed by atoms with Crippen molar-refractivity contribution in [3.63, 3.8) is 0 Å². The van der Waals surface area contributed by atoms with Gasteiger partial charge in [-0.3, -0.25) is 14.5 Å². The summed E-state index contributed by atoms with van der Waals surface area (Å²) in [6.45, 7) is 3.74. The lowest BCUT2D eigenvalue weighted by Gasteiger charge is -2.30. The van der Waals surface area contributed by atoms with E-state index in [1.807, 2.05) is 5.38 Å². The van der Waals surface area contributed by atoms with E-state index in [2.05, 4.69) is 4.98 Å². The number of carbonyl (C=O) groups excluding carboxylic acids is 1. The number of likely N-dealkylation sites (N-methyl/N-ethyl adjacent to an activating group) is 2. The van der Waals surface area contributed by atoms with Gasteiger partial charge in [0.15, 0.2) is 0 Å². The minimum atomic E-state index is -0.955. The van der Waals surface area contributed by atoms with E-state index in [0.717, 1.165) is 10.7 Å². The molecule has 0 fully saturated rings. The van der Waals surface area contributed by atoms with Crippen LogP contribution in [-0.4, -0.2) is 58.4 Å². The predicted molar refractivity (Wildman–Crippen MR) is 77.7 cm³/mol. The summed E-state index contributed by atoms with van der Waals surface area (Å²) in [5.41, 5.74) is -0.170. The zero-order valence-corrected chi connectivity index (χ0v) is 13.3. The fourth-order valence-electron chi connectivity index (χ4n) is 1.39. The first-order valence-electron chi connectivity index (χ1n) is 6.22. The number of amides is 1. The minimum absolute atomic E-state index is 0.00474. The Kier molecular flexibility index (Phi) is 5.24. The molecule has 0 aliphatic rings. The third-order valence-corrected chi connectivity index (χ3v) is 4.18. The maximum atomic E-state index is 11.6. The summed E-state index contributed by atoms with van der Waals surface area (Å²) in [5, 5.41) is 11.8. The van der Waals surface area contributed by atoms with Crippen LogP contribution in [0.3, 0.4) is 0 Å². The molecule has 112 valence electrons. The van der Waals surface area contributed by atoms with Crippen LogP contribution in [0.2, 0.25) is 0 Å². The van der Waals surface area contributed by atoms with Gasteiger partial charge in [-0.25, -0.2) is 4.98 Å². The first kappa shape index (κ1) is 16.6. The quantitative estimate of drug-likeness (QED) is 0.850. The van der Waals surface area contributed by atoms with Crippen LogP contribution in [-0.2, 0) is 22.6 Å². The normalized spacial score (nSPS) is 11.7. The Morgan fingerprint density at radius 3 is 2.45 bits per heavy atom. The number of nitrogens with zero attached hydrogens (tertiary/aromatic N) is 3. The number of carboxylic acid groups (broad SMARTS) is 1. The second kappa shape index (κ2) is 6.32. The number of rotatable bonds is 6. The topological polar surface area (TPSA) is 73.7 Å². The van der Waals surface area contributed by atoms with Gasteiger partial charge in [0.1, 0.15) is 10.5 Å². The molecule has 0 saturated heterocycles. The Morgan fingerprint density at radius 1 is 1.35 bits per heavy atom. The lowest BCUT2D eigenvalue weighted by molar-refractivity contribution is -0.148. The molecule has 0 aromatic carbocycles. The fourth-order valence-corrected chi connectivity index (χ4v) is 2.17. The Balaban J connectivity index is 2.69. The van der Waals surface area contributed by atoms with Crippen molar-refractivity contribution in [2.75, 3.05) is 21.1 Å². The molecule has 0 unspecified atom stereocenters. The highest BCUT2D eigenvalue weighted by Gasteiger charge is 2.32. The van der Waals surface area contributed by atoms with Crippen molar-refractivity contribution in [3.8, 4) is 0 Å². The molecule has 0 radical (unpaired) electrons. The lowest BCUT2D eigenvalue weighted by Crippen LogP contribution is -2.47. The van der Waals surface area contributed by atoms with Crippen molar-refractivity contribution in [3.05, 3.63) is 16.1 Å². The molecule has 1 N–H and O–H groups in total. The van der Waals surface area contributed by atoms with Gasteiger partial charge in [-0.1, -0.05) is 0 Å². The molecule has 1 amide bonds. The summed E-state index contributed by atoms with van der Waals surface area (Å²) in [7, 11) is 5.16. The largest absolute Gasteiger partial charge is 0.480 e. The van der Waals surface area contributed by atoms with E-state index >= 15 is 0 Å². The summed E-state index contributed by atoms with van der Waals surface area (Å²) in [4.78, 5) is 30.4.